The Morgan fingerprint density at radius 2 is 1.55 bits per heavy atom. The van der Waals surface area contributed by atoms with Gasteiger partial charge in [0.25, 0.3) is 0 Å². The number of anilines is 1. The molecule has 7 nitrogen and oxygen atoms in total. The van der Waals surface area contributed by atoms with E-state index >= 15 is 0 Å². The van der Waals surface area contributed by atoms with Crippen molar-refractivity contribution in [3.63, 3.8) is 0 Å². The maximum atomic E-state index is 13.6. The van der Waals surface area contributed by atoms with E-state index in [1.165, 1.54) is 10.4 Å². The minimum atomic E-state index is -3.68. The molecule has 3 aromatic rings. The van der Waals surface area contributed by atoms with Crippen LogP contribution >= 0.6 is 0 Å². The molecule has 8 heteroatoms. The molecule has 0 aliphatic carbocycles. The van der Waals surface area contributed by atoms with E-state index in [1.807, 2.05) is 55.5 Å². The molecule has 1 N–H and O–H groups in total. The lowest BCUT2D eigenvalue weighted by Gasteiger charge is -2.28. The van der Waals surface area contributed by atoms with Crippen LogP contribution in [-0.4, -0.2) is 44.9 Å². The summed E-state index contributed by atoms with van der Waals surface area (Å²) >= 11 is 0. The van der Waals surface area contributed by atoms with Gasteiger partial charge in [0.1, 0.15) is 11.5 Å². The van der Waals surface area contributed by atoms with Crippen molar-refractivity contribution in [2.75, 3.05) is 31.6 Å². The average Bonchev–Trinajstić information content (AvgIpc) is 2.84. The fourth-order valence-corrected chi connectivity index (χ4v) is 5.66. The summed E-state index contributed by atoms with van der Waals surface area (Å²) in [6.07, 6.45) is 0. The number of hydrogen-bond donors (Lipinski definition) is 1. The first-order valence-electron chi connectivity index (χ1n) is 10.8. The highest BCUT2D eigenvalue weighted by atomic mass is 32.2. The van der Waals surface area contributed by atoms with Crippen LogP contribution in [0.3, 0.4) is 0 Å². The number of nitrogens with one attached hydrogen (secondary N) is 1. The van der Waals surface area contributed by atoms with Crippen molar-refractivity contribution in [2.45, 2.75) is 17.7 Å². The Morgan fingerprint density at radius 1 is 0.939 bits per heavy atom. The second kappa shape index (κ2) is 8.62. The summed E-state index contributed by atoms with van der Waals surface area (Å²) in [5, 5.41) is 2.97. The third kappa shape index (κ3) is 4.01. The molecule has 33 heavy (non-hydrogen) atoms. The third-order valence-corrected chi connectivity index (χ3v) is 7.91. The van der Waals surface area contributed by atoms with Gasteiger partial charge in [0.15, 0.2) is 0 Å². The first-order chi connectivity index (χ1) is 15.9. The van der Waals surface area contributed by atoms with Crippen LogP contribution in [0, 0.1) is 6.92 Å². The maximum Gasteiger partial charge on any atom is 0.243 e. The number of carbonyl (C=O) groups excluding carboxylic acids is 1. The first kappa shape index (κ1) is 21.6. The number of benzene rings is 3. The Morgan fingerprint density at radius 3 is 2.18 bits per heavy atom. The van der Waals surface area contributed by atoms with E-state index in [-0.39, 0.29) is 10.8 Å². The maximum absolute atomic E-state index is 13.6. The first-order valence-corrected chi connectivity index (χ1v) is 12.2. The molecule has 0 aromatic heterocycles. The molecule has 1 fully saturated rings. The van der Waals surface area contributed by atoms with Crippen LogP contribution in [-0.2, 0) is 19.6 Å². The molecule has 5 rings (SSSR count). The Hall–Kier alpha value is -3.20. The molecule has 0 bridgehead atoms. The van der Waals surface area contributed by atoms with Crippen molar-refractivity contribution in [1.29, 1.82) is 0 Å². The second-order valence-corrected chi connectivity index (χ2v) is 10.0. The highest BCUT2D eigenvalue weighted by molar-refractivity contribution is 7.89. The number of para-hydroxylation sites is 2. The van der Waals surface area contributed by atoms with E-state index in [0.29, 0.717) is 43.5 Å². The largest absolute Gasteiger partial charge is 0.457 e. The fraction of sp³-hybridized carbons (Fsp3) is 0.240. The molecule has 170 valence electrons. The second-order valence-electron chi connectivity index (χ2n) is 8.09. The number of nitrogens with zero attached hydrogens (tertiary/aromatic N) is 1. The van der Waals surface area contributed by atoms with Crippen molar-refractivity contribution >= 4 is 21.6 Å². The third-order valence-electron chi connectivity index (χ3n) is 6.02. The number of ether oxygens (including phenoxy) is 2. The van der Waals surface area contributed by atoms with Crippen molar-refractivity contribution in [2.24, 2.45) is 0 Å². The Kier molecular flexibility index (Phi) is 5.65. The summed E-state index contributed by atoms with van der Waals surface area (Å²) in [5.41, 5.74) is 2.78. The Bertz CT molecular complexity index is 1270. The quantitative estimate of drug-likeness (QED) is 0.633. The van der Waals surface area contributed by atoms with Gasteiger partial charge in [0.2, 0.25) is 15.9 Å². The summed E-state index contributed by atoms with van der Waals surface area (Å²) in [5.74, 6) is 0.445. The van der Waals surface area contributed by atoms with E-state index in [1.54, 1.807) is 12.1 Å². The lowest BCUT2D eigenvalue weighted by atomic mass is 9.87. The molecule has 2 heterocycles. The van der Waals surface area contributed by atoms with Crippen LogP contribution in [0.25, 0.3) is 0 Å². The molecule has 0 atom stereocenters. The molecule has 2 aliphatic rings. The smallest absolute Gasteiger partial charge is 0.243 e. The predicted molar refractivity (Wildman–Crippen MR) is 124 cm³/mol. The van der Waals surface area contributed by atoms with Crippen LogP contribution in [0.4, 0.5) is 5.69 Å². The lowest BCUT2D eigenvalue weighted by Crippen LogP contribution is -2.40. The zero-order valence-corrected chi connectivity index (χ0v) is 19.0. The van der Waals surface area contributed by atoms with E-state index in [9.17, 15) is 13.2 Å². The molecule has 0 radical (unpaired) electrons. The van der Waals surface area contributed by atoms with Crippen molar-refractivity contribution in [3.05, 3.63) is 83.4 Å². The number of morpholine rings is 1. The summed E-state index contributed by atoms with van der Waals surface area (Å²) in [6.45, 7) is 3.21. The summed E-state index contributed by atoms with van der Waals surface area (Å²) in [4.78, 5) is 13.7. The van der Waals surface area contributed by atoms with Gasteiger partial charge in [0.05, 0.1) is 24.0 Å². The number of carbonyl (C=O) groups is 1. The number of hydrogen-bond acceptors (Lipinski definition) is 5. The number of sulfonamides is 1. The summed E-state index contributed by atoms with van der Waals surface area (Å²) in [6, 6.07) is 19.7. The van der Waals surface area contributed by atoms with Gasteiger partial charge in [-0.15, -0.1) is 0 Å². The molecule has 3 aromatic carbocycles. The van der Waals surface area contributed by atoms with Crippen LogP contribution in [0.5, 0.6) is 11.5 Å². The Balaban J connectivity index is 1.48. The molecule has 0 saturated carbocycles. The van der Waals surface area contributed by atoms with Crippen molar-refractivity contribution in [1.82, 2.24) is 4.31 Å². The van der Waals surface area contributed by atoms with E-state index in [2.05, 4.69) is 5.32 Å². The van der Waals surface area contributed by atoms with Crippen LogP contribution in [0.2, 0.25) is 0 Å². The number of rotatable bonds is 4. The van der Waals surface area contributed by atoms with Gasteiger partial charge >= 0.3 is 0 Å². The summed E-state index contributed by atoms with van der Waals surface area (Å²) < 4.78 is 38.9. The highest BCUT2D eigenvalue weighted by Gasteiger charge is 2.33. The Labute approximate surface area is 193 Å². The minimum absolute atomic E-state index is 0.151. The van der Waals surface area contributed by atoms with Gasteiger partial charge in [-0.25, -0.2) is 8.42 Å². The van der Waals surface area contributed by atoms with Crippen LogP contribution < -0.4 is 10.1 Å². The van der Waals surface area contributed by atoms with E-state index in [4.69, 9.17) is 9.47 Å². The highest BCUT2D eigenvalue weighted by Crippen LogP contribution is 2.44. The van der Waals surface area contributed by atoms with Crippen LogP contribution in [0.15, 0.2) is 71.6 Å². The molecular formula is C25H24N2O5S. The van der Waals surface area contributed by atoms with Gasteiger partial charge in [-0.05, 0) is 36.8 Å². The average molecular weight is 465 g/mol. The molecule has 1 amide bonds. The standard InChI is InChI=1S/C25H24N2O5S/c1-17-10-11-18(33(29,30)27-12-14-31-15-13-27)16-21(17)26-25(28)24-19-6-2-4-8-22(19)32-23-9-5-3-7-20(23)24/h2-11,16,24H,12-15H2,1H3,(H,26,28). The van der Waals surface area contributed by atoms with Crippen LogP contribution in [0.1, 0.15) is 22.6 Å². The van der Waals surface area contributed by atoms with Gasteiger partial charge in [-0.3, -0.25) is 4.79 Å². The molecule has 0 spiro atoms. The fourth-order valence-electron chi connectivity index (χ4n) is 4.23. The zero-order valence-electron chi connectivity index (χ0n) is 18.2. The number of aryl methyl sites for hydroxylation is 1. The number of fused-ring (bicyclic) bond motifs is 2. The van der Waals surface area contributed by atoms with Gasteiger partial charge in [0, 0.05) is 29.9 Å². The van der Waals surface area contributed by atoms with E-state index in [0.717, 1.165) is 16.7 Å². The molecule has 2 aliphatic heterocycles. The van der Waals surface area contributed by atoms with Gasteiger partial charge in [-0.2, -0.15) is 4.31 Å². The van der Waals surface area contributed by atoms with E-state index < -0.39 is 15.9 Å². The minimum Gasteiger partial charge on any atom is -0.457 e. The summed E-state index contributed by atoms with van der Waals surface area (Å²) in [7, 11) is -3.68. The molecule has 0 unspecified atom stereocenters. The predicted octanol–water partition coefficient (Wildman–Crippen LogP) is 3.89. The zero-order chi connectivity index (χ0) is 23.0. The monoisotopic (exact) mass is 464 g/mol. The SMILES string of the molecule is Cc1ccc(S(=O)(=O)N2CCOCC2)cc1NC(=O)C1c2ccccc2Oc2ccccc21. The lowest BCUT2D eigenvalue weighted by molar-refractivity contribution is -0.116. The molecular weight excluding hydrogens is 440 g/mol. The van der Waals surface area contributed by atoms with Gasteiger partial charge < -0.3 is 14.8 Å². The van der Waals surface area contributed by atoms with Crippen molar-refractivity contribution in [3.8, 4) is 11.5 Å². The van der Waals surface area contributed by atoms with Gasteiger partial charge in [-0.1, -0.05) is 42.5 Å². The number of amides is 1. The topological polar surface area (TPSA) is 84.9 Å². The molecule has 1 saturated heterocycles. The normalized spacial score (nSPS) is 16.4. The van der Waals surface area contributed by atoms with Crippen molar-refractivity contribution < 1.29 is 22.7 Å².